The number of rotatable bonds is 6. The third-order valence-corrected chi connectivity index (χ3v) is 4.94. The monoisotopic (exact) mass is 375 g/mol. The van der Waals surface area contributed by atoms with E-state index in [1.54, 1.807) is 11.8 Å². The molecular weight excluding hydrogens is 354 g/mol. The summed E-state index contributed by atoms with van der Waals surface area (Å²) in [4.78, 5) is 26.0. The Morgan fingerprint density at radius 1 is 1.31 bits per heavy atom. The second kappa shape index (κ2) is 8.84. The van der Waals surface area contributed by atoms with Crippen LogP contribution in [-0.2, 0) is 14.3 Å². The van der Waals surface area contributed by atoms with Crippen LogP contribution >= 0.6 is 11.8 Å². The Bertz CT molecular complexity index is 750. The van der Waals surface area contributed by atoms with E-state index < -0.39 is 0 Å². The molecule has 1 aliphatic heterocycles. The van der Waals surface area contributed by atoms with Crippen LogP contribution in [0, 0.1) is 5.92 Å². The van der Waals surface area contributed by atoms with Crippen molar-refractivity contribution in [2.45, 2.75) is 25.0 Å². The summed E-state index contributed by atoms with van der Waals surface area (Å²) in [6, 6.07) is 9.47. The van der Waals surface area contributed by atoms with Crippen LogP contribution in [0.15, 0.2) is 40.0 Å². The van der Waals surface area contributed by atoms with E-state index in [2.05, 4.69) is 10.2 Å². The van der Waals surface area contributed by atoms with Crippen LogP contribution in [0.4, 0.5) is 0 Å². The minimum Gasteiger partial charge on any atom is -0.466 e. The lowest BCUT2D eigenvalue weighted by Crippen LogP contribution is -2.43. The number of ether oxygens (including phenoxy) is 1. The smallest absolute Gasteiger partial charge is 0.310 e. The number of nitrogens with zero attached hydrogens (tertiary/aromatic N) is 3. The number of likely N-dealkylation sites (tertiary alicyclic amines) is 1. The summed E-state index contributed by atoms with van der Waals surface area (Å²) in [6.07, 6.45) is 1.57. The zero-order chi connectivity index (χ0) is 18.4. The third-order valence-electron chi connectivity index (χ3n) is 4.14. The van der Waals surface area contributed by atoms with Gasteiger partial charge in [0.25, 0.3) is 5.22 Å². The summed E-state index contributed by atoms with van der Waals surface area (Å²) in [5, 5.41) is 8.35. The molecule has 1 atom stereocenters. The fourth-order valence-corrected chi connectivity index (χ4v) is 3.50. The van der Waals surface area contributed by atoms with Crippen molar-refractivity contribution in [2.75, 3.05) is 25.4 Å². The molecule has 3 rings (SSSR count). The number of carbonyl (C=O) groups excluding carboxylic acids is 2. The van der Waals surface area contributed by atoms with Crippen molar-refractivity contribution in [2.24, 2.45) is 5.92 Å². The molecule has 1 saturated heterocycles. The molecule has 0 unspecified atom stereocenters. The SMILES string of the molecule is CCOC(=O)[C@H]1CCCN(C(=O)CSc2nnc(-c3ccccc3)o2)C1. The van der Waals surface area contributed by atoms with Crippen LogP contribution in [0.3, 0.4) is 0 Å². The van der Waals surface area contributed by atoms with Crippen LogP contribution in [0.5, 0.6) is 0 Å². The van der Waals surface area contributed by atoms with Crippen molar-refractivity contribution >= 4 is 23.6 Å². The van der Waals surface area contributed by atoms with Gasteiger partial charge in [-0.1, -0.05) is 30.0 Å². The van der Waals surface area contributed by atoms with E-state index in [-0.39, 0.29) is 23.5 Å². The van der Waals surface area contributed by atoms with Gasteiger partial charge in [-0.3, -0.25) is 9.59 Å². The second-order valence-electron chi connectivity index (χ2n) is 5.96. The highest BCUT2D eigenvalue weighted by Gasteiger charge is 2.29. The summed E-state index contributed by atoms with van der Waals surface area (Å²) in [7, 11) is 0. The van der Waals surface area contributed by atoms with Crippen LogP contribution in [0.1, 0.15) is 19.8 Å². The van der Waals surface area contributed by atoms with Crippen molar-refractivity contribution in [1.82, 2.24) is 15.1 Å². The zero-order valence-electron chi connectivity index (χ0n) is 14.6. The molecule has 1 fully saturated rings. The van der Waals surface area contributed by atoms with Gasteiger partial charge in [-0.15, -0.1) is 10.2 Å². The number of benzene rings is 1. The molecule has 2 heterocycles. The largest absolute Gasteiger partial charge is 0.466 e. The summed E-state index contributed by atoms with van der Waals surface area (Å²) >= 11 is 1.21. The first kappa shape index (κ1) is 18.4. The second-order valence-corrected chi connectivity index (χ2v) is 6.89. The van der Waals surface area contributed by atoms with E-state index in [1.807, 2.05) is 30.3 Å². The lowest BCUT2D eigenvalue weighted by Gasteiger charge is -2.31. The molecule has 7 nitrogen and oxygen atoms in total. The van der Waals surface area contributed by atoms with Gasteiger partial charge in [0.15, 0.2) is 0 Å². The highest BCUT2D eigenvalue weighted by Crippen LogP contribution is 2.24. The minimum atomic E-state index is -0.231. The number of piperidine rings is 1. The van der Waals surface area contributed by atoms with E-state index >= 15 is 0 Å². The molecule has 138 valence electrons. The molecule has 8 heteroatoms. The molecule has 1 aromatic carbocycles. The molecule has 1 aromatic heterocycles. The first-order valence-electron chi connectivity index (χ1n) is 8.63. The maximum Gasteiger partial charge on any atom is 0.310 e. The lowest BCUT2D eigenvalue weighted by molar-refractivity contribution is -0.151. The molecule has 0 saturated carbocycles. The maximum absolute atomic E-state index is 12.4. The van der Waals surface area contributed by atoms with Gasteiger partial charge in [0, 0.05) is 18.7 Å². The quantitative estimate of drug-likeness (QED) is 0.567. The first-order chi connectivity index (χ1) is 12.7. The predicted molar refractivity (Wildman–Crippen MR) is 96.4 cm³/mol. The standard InChI is InChI=1S/C18H21N3O4S/c1-2-24-17(23)14-9-6-10-21(11-14)15(22)12-26-18-20-19-16(25-18)13-7-4-3-5-8-13/h3-5,7-8,14H,2,6,9-12H2,1H3/t14-/m0/s1. The van der Waals surface area contributed by atoms with Gasteiger partial charge < -0.3 is 14.1 Å². The summed E-state index contributed by atoms with van der Waals surface area (Å²) in [5.74, 6) is 0.142. The number of carbonyl (C=O) groups is 2. The predicted octanol–water partition coefficient (Wildman–Crippen LogP) is 2.63. The van der Waals surface area contributed by atoms with Gasteiger partial charge in [-0.2, -0.15) is 0 Å². The van der Waals surface area contributed by atoms with Crippen molar-refractivity contribution in [3.63, 3.8) is 0 Å². The number of aromatic nitrogens is 2. The van der Waals surface area contributed by atoms with Gasteiger partial charge in [0.05, 0.1) is 18.3 Å². The molecule has 0 bridgehead atoms. The van der Waals surface area contributed by atoms with Crippen LogP contribution < -0.4 is 0 Å². The summed E-state index contributed by atoms with van der Waals surface area (Å²) < 4.78 is 10.7. The molecule has 0 aliphatic carbocycles. The fourth-order valence-electron chi connectivity index (χ4n) is 2.84. The van der Waals surface area contributed by atoms with Crippen molar-refractivity contribution < 1.29 is 18.7 Å². The van der Waals surface area contributed by atoms with Gasteiger partial charge >= 0.3 is 5.97 Å². The average molecular weight is 375 g/mol. The van der Waals surface area contributed by atoms with Crippen molar-refractivity contribution in [1.29, 1.82) is 0 Å². The Balaban J connectivity index is 1.52. The highest BCUT2D eigenvalue weighted by molar-refractivity contribution is 7.99. The van der Waals surface area contributed by atoms with E-state index in [9.17, 15) is 9.59 Å². The molecule has 2 aromatic rings. The molecule has 0 spiro atoms. The van der Waals surface area contributed by atoms with Gasteiger partial charge in [-0.25, -0.2) is 0 Å². The first-order valence-corrected chi connectivity index (χ1v) is 9.62. The number of hydrogen-bond donors (Lipinski definition) is 0. The van der Waals surface area contributed by atoms with E-state index in [1.165, 1.54) is 11.8 Å². The molecule has 0 radical (unpaired) electrons. The fraction of sp³-hybridized carbons (Fsp3) is 0.444. The molecule has 1 aliphatic rings. The average Bonchev–Trinajstić information content (AvgIpc) is 3.16. The van der Waals surface area contributed by atoms with Gasteiger partial charge in [0.2, 0.25) is 11.8 Å². The van der Waals surface area contributed by atoms with Crippen molar-refractivity contribution in [3.8, 4) is 11.5 Å². The number of thioether (sulfide) groups is 1. The summed E-state index contributed by atoms with van der Waals surface area (Å²) in [5.41, 5.74) is 0.839. The Kier molecular flexibility index (Phi) is 6.27. The van der Waals surface area contributed by atoms with Crippen LogP contribution in [-0.4, -0.2) is 52.4 Å². The summed E-state index contributed by atoms with van der Waals surface area (Å²) in [6.45, 7) is 3.22. The van der Waals surface area contributed by atoms with Gasteiger partial charge in [0.1, 0.15) is 0 Å². The highest BCUT2D eigenvalue weighted by atomic mass is 32.2. The van der Waals surface area contributed by atoms with Crippen molar-refractivity contribution in [3.05, 3.63) is 30.3 Å². The Labute approximate surface area is 156 Å². The number of amides is 1. The molecule has 1 amide bonds. The number of esters is 1. The van der Waals surface area contributed by atoms with Crippen LogP contribution in [0.25, 0.3) is 11.5 Å². The lowest BCUT2D eigenvalue weighted by atomic mass is 9.98. The van der Waals surface area contributed by atoms with E-state index in [0.717, 1.165) is 18.4 Å². The zero-order valence-corrected chi connectivity index (χ0v) is 15.4. The minimum absolute atomic E-state index is 0.0385. The Morgan fingerprint density at radius 3 is 2.88 bits per heavy atom. The number of hydrogen-bond acceptors (Lipinski definition) is 7. The van der Waals surface area contributed by atoms with Gasteiger partial charge in [-0.05, 0) is 31.9 Å². The Hall–Kier alpha value is -2.35. The van der Waals surface area contributed by atoms with E-state index in [4.69, 9.17) is 9.15 Å². The maximum atomic E-state index is 12.4. The molecule has 0 N–H and O–H groups in total. The molecular formula is C18H21N3O4S. The molecule has 26 heavy (non-hydrogen) atoms. The normalized spacial score (nSPS) is 17.1. The van der Waals surface area contributed by atoms with E-state index in [0.29, 0.717) is 30.8 Å². The third kappa shape index (κ3) is 4.63. The topological polar surface area (TPSA) is 85.5 Å². The Morgan fingerprint density at radius 2 is 2.12 bits per heavy atom. The van der Waals surface area contributed by atoms with Crippen LogP contribution in [0.2, 0.25) is 0 Å².